The van der Waals surface area contributed by atoms with Crippen molar-refractivity contribution in [3.63, 3.8) is 0 Å². The van der Waals surface area contributed by atoms with Gasteiger partial charge in [-0.05, 0) is 0 Å². The predicted molar refractivity (Wildman–Crippen MR) is 111 cm³/mol. The molecule has 0 spiro atoms. The number of nitrogens with one attached hydrogen (secondary N) is 3. The summed E-state index contributed by atoms with van der Waals surface area (Å²) < 4.78 is 14.0. The molecule has 0 heterocycles. The van der Waals surface area contributed by atoms with Gasteiger partial charge in [0, 0.05) is 0 Å². The summed E-state index contributed by atoms with van der Waals surface area (Å²) in [6.07, 6.45) is 10.6. The second-order valence-corrected chi connectivity index (χ2v) is 13.9. The average Bonchev–Trinajstić information content (AvgIpc) is 3.03. The Morgan fingerprint density at radius 2 is 1.24 bits per heavy atom. The van der Waals surface area contributed by atoms with Crippen LogP contribution >= 0.6 is 0 Å². The number of rotatable bonds is 4. The topological polar surface area (TPSA) is 71.4 Å². The zero-order chi connectivity index (χ0) is 19.8. The largest absolute Gasteiger partial charge is 4.00 e. The van der Waals surface area contributed by atoms with Crippen LogP contribution in [0.15, 0.2) is 16.6 Å². The first-order valence-electron chi connectivity index (χ1n) is 9.02. The van der Waals surface area contributed by atoms with E-state index in [9.17, 15) is 3.50 Å². The summed E-state index contributed by atoms with van der Waals surface area (Å²) in [4.78, 5) is 0. The van der Waals surface area contributed by atoms with E-state index < -0.39 is 13.7 Å². The second-order valence-electron chi connectivity index (χ2n) is 6.60. The van der Waals surface area contributed by atoms with E-state index in [4.69, 9.17) is 17.2 Å². The Labute approximate surface area is 179 Å². The van der Waals surface area contributed by atoms with E-state index >= 15 is 0 Å². The van der Waals surface area contributed by atoms with Crippen molar-refractivity contribution in [1.29, 1.82) is 0 Å². The van der Waals surface area contributed by atoms with Gasteiger partial charge in [0.15, 0.2) is 0 Å². The number of halogens is 1. The SMILES string of the molecule is CCC(C)[NH-].CCC(C)[NH-].CCC(C)[NH-].[CH3][Ge]([CH3])([F])[C]1=[C-]CC=C1.[Zr+4]. The van der Waals surface area contributed by atoms with Crippen LogP contribution in [-0.4, -0.2) is 31.9 Å². The Hall–Kier alpha value is 0.716. The molecule has 146 valence electrons. The number of allylic oxidation sites excluding steroid dienone is 4. The smallest absolute Gasteiger partial charge is 4.00 e. The molecule has 0 aromatic carbocycles. The molecule has 3 N–H and O–H groups in total. The van der Waals surface area contributed by atoms with Crippen LogP contribution in [0.1, 0.15) is 67.2 Å². The first-order valence-corrected chi connectivity index (χ1v) is 15.1. The summed E-state index contributed by atoms with van der Waals surface area (Å²) in [5.41, 5.74) is 20.5. The first kappa shape index (κ1) is 33.3. The van der Waals surface area contributed by atoms with Crippen molar-refractivity contribution in [2.45, 2.75) is 96.9 Å². The van der Waals surface area contributed by atoms with Gasteiger partial charge in [0.1, 0.15) is 0 Å². The quantitative estimate of drug-likeness (QED) is 0.282. The van der Waals surface area contributed by atoms with E-state index in [2.05, 4.69) is 6.08 Å². The Kier molecular flexibility index (Phi) is 28.0. The van der Waals surface area contributed by atoms with Gasteiger partial charge in [0.2, 0.25) is 0 Å². The molecule has 3 nitrogen and oxygen atoms in total. The van der Waals surface area contributed by atoms with Gasteiger partial charge in [-0.3, -0.25) is 0 Å². The van der Waals surface area contributed by atoms with Gasteiger partial charge in [-0.15, -0.1) is 18.1 Å². The van der Waals surface area contributed by atoms with Crippen LogP contribution < -0.4 is 0 Å². The monoisotopic (exact) mass is 493 g/mol. The van der Waals surface area contributed by atoms with Crippen molar-refractivity contribution in [3.8, 4) is 0 Å². The second kappa shape index (κ2) is 21.0. The molecule has 0 saturated heterocycles. The van der Waals surface area contributed by atoms with Crippen molar-refractivity contribution < 1.29 is 29.7 Å². The zero-order valence-electron chi connectivity index (χ0n) is 17.6. The van der Waals surface area contributed by atoms with E-state index in [-0.39, 0.29) is 44.3 Å². The molecule has 3 unspecified atom stereocenters. The van der Waals surface area contributed by atoms with Gasteiger partial charge in [-0.1, -0.05) is 60.8 Å². The maximum absolute atomic E-state index is 13.1. The molecule has 0 radical (unpaired) electrons. The Balaban J connectivity index is -0.000000122. The van der Waals surface area contributed by atoms with Gasteiger partial charge in [-0.25, -0.2) is 0 Å². The van der Waals surface area contributed by atoms with Crippen molar-refractivity contribution in [2.75, 3.05) is 0 Å². The van der Waals surface area contributed by atoms with Gasteiger partial charge in [-0.2, -0.15) is 0 Å². The zero-order valence-corrected chi connectivity index (χ0v) is 22.1. The van der Waals surface area contributed by atoms with Gasteiger partial charge >= 0.3 is 84.0 Å². The molecule has 0 saturated carbocycles. The minimum atomic E-state index is -2.96. The van der Waals surface area contributed by atoms with E-state index in [1.165, 1.54) is 0 Å². The molecule has 1 aliphatic rings. The van der Waals surface area contributed by atoms with Gasteiger partial charge in [0.05, 0.1) is 0 Å². The third-order valence-electron chi connectivity index (χ3n) is 3.17. The fraction of sp³-hybridized carbons (Fsp3) is 0.789. The molecular weight excluding hydrogens is 453 g/mol. The van der Waals surface area contributed by atoms with Crippen LogP contribution in [0.2, 0.25) is 11.5 Å². The fourth-order valence-corrected chi connectivity index (χ4v) is 2.99. The molecule has 1 aliphatic carbocycles. The van der Waals surface area contributed by atoms with Crippen LogP contribution in [0.3, 0.4) is 0 Å². The third kappa shape index (κ3) is 32.8. The van der Waals surface area contributed by atoms with Crippen molar-refractivity contribution in [1.82, 2.24) is 0 Å². The number of hydrogen-bond donors (Lipinski definition) is 0. The predicted octanol–water partition coefficient (Wildman–Crippen LogP) is 7.90. The fourth-order valence-electron chi connectivity index (χ4n) is 0.813. The molecule has 25 heavy (non-hydrogen) atoms. The van der Waals surface area contributed by atoms with Crippen LogP contribution in [0, 0.1) is 6.08 Å². The van der Waals surface area contributed by atoms with E-state index in [0.717, 1.165) is 30.1 Å². The molecular formula is C19H40FGeN3Zr. The maximum atomic E-state index is 13.1. The number of hydrogen-bond acceptors (Lipinski definition) is 0. The molecule has 0 fully saturated rings. The molecule has 0 aliphatic heterocycles. The molecule has 0 aromatic rings. The van der Waals surface area contributed by atoms with Gasteiger partial charge in [0.25, 0.3) is 0 Å². The van der Waals surface area contributed by atoms with Crippen LogP contribution in [-0.2, 0) is 26.2 Å². The summed E-state index contributed by atoms with van der Waals surface area (Å²) in [7, 11) is 0. The minimum absolute atomic E-state index is 0. The van der Waals surface area contributed by atoms with Crippen LogP contribution in [0.25, 0.3) is 17.2 Å². The molecule has 0 amide bonds. The normalized spacial score (nSPS) is 15.6. The maximum Gasteiger partial charge on any atom is 4.00 e. The van der Waals surface area contributed by atoms with Crippen molar-refractivity contribution >= 4 is 13.7 Å². The first-order chi connectivity index (χ1) is 10.9. The minimum Gasteiger partial charge on any atom is 4.00 e. The standard InChI is InChI=1S/C7H10FGe.3C4H10N.Zr/c1-9(2,8)7-5-3-4-6-7;3*1-3-4(2)5;/h3,5H,4H2,1-2H3;3*4-5H,3H2,1-2H3;/q4*-1;+4. The Morgan fingerprint density at radius 1 is 0.960 bits per heavy atom. The van der Waals surface area contributed by atoms with Crippen LogP contribution in [0.5, 0.6) is 0 Å². The summed E-state index contributed by atoms with van der Waals surface area (Å²) in [5, 5.41) is 0. The van der Waals surface area contributed by atoms with E-state index in [1.54, 1.807) is 11.5 Å². The Bertz CT molecular complexity index is 306. The van der Waals surface area contributed by atoms with Crippen molar-refractivity contribution in [3.05, 3.63) is 39.8 Å². The van der Waals surface area contributed by atoms with Crippen molar-refractivity contribution in [2.24, 2.45) is 0 Å². The summed E-state index contributed by atoms with van der Waals surface area (Å²) >= 11 is -2.96. The third-order valence-corrected chi connectivity index (χ3v) is 6.58. The molecule has 1 rings (SSSR count). The van der Waals surface area contributed by atoms with E-state index in [1.807, 2.05) is 53.7 Å². The summed E-state index contributed by atoms with van der Waals surface area (Å²) in [6, 6.07) is 0.403. The molecule has 0 bridgehead atoms. The van der Waals surface area contributed by atoms with Gasteiger partial charge < -0.3 is 17.2 Å². The Morgan fingerprint density at radius 3 is 1.32 bits per heavy atom. The van der Waals surface area contributed by atoms with E-state index in [0.29, 0.717) is 0 Å². The molecule has 3 atom stereocenters. The summed E-state index contributed by atoms with van der Waals surface area (Å²) in [5.74, 6) is 3.47. The van der Waals surface area contributed by atoms with Crippen LogP contribution in [0.4, 0.5) is 3.50 Å². The average molecular weight is 493 g/mol. The molecule has 0 aromatic heterocycles. The molecule has 6 heteroatoms. The summed E-state index contributed by atoms with van der Waals surface area (Å²) in [6.45, 7) is 11.7.